The lowest BCUT2D eigenvalue weighted by atomic mass is 10.0. The molecule has 30 heavy (non-hydrogen) atoms. The van der Waals surface area contributed by atoms with E-state index in [-0.39, 0.29) is 17.9 Å². The fourth-order valence-corrected chi connectivity index (χ4v) is 2.64. The van der Waals surface area contributed by atoms with Crippen LogP contribution in [0.3, 0.4) is 0 Å². The van der Waals surface area contributed by atoms with Gasteiger partial charge in [-0.05, 0) is 41.5 Å². The van der Waals surface area contributed by atoms with Crippen LogP contribution in [0.15, 0.2) is 54.1 Å². The Kier molecular flexibility index (Phi) is 5.73. The molecular formula is C21H17F3O6. The Bertz CT molecular complexity index is 955. The third kappa shape index (κ3) is 5.53. The van der Waals surface area contributed by atoms with Crippen molar-refractivity contribution in [3.8, 4) is 11.5 Å². The lowest BCUT2D eigenvalue weighted by Gasteiger charge is -2.29. The maximum atomic E-state index is 12.2. The molecule has 0 saturated carbocycles. The Morgan fingerprint density at radius 3 is 2.10 bits per heavy atom. The lowest BCUT2D eigenvalue weighted by molar-refractivity contribution is -0.274. The molecule has 0 atom stereocenters. The van der Waals surface area contributed by atoms with Gasteiger partial charge in [0.15, 0.2) is 0 Å². The summed E-state index contributed by atoms with van der Waals surface area (Å²) in [6.07, 6.45) is -3.43. The quantitative estimate of drug-likeness (QED) is 0.405. The minimum absolute atomic E-state index is 0.0367. The van der Waals surface area contributed by atoms with Crippen molar-refractivity contribution in [3.63, 3.8) is 0 Å². The first-order valence-corrected chi connectivity index (χ1v) is 8.77. The van der Waals surface area contributed by atoms with Crippen molar-refractivity contribution in [3.05, 3.63) is 65.2 Å². The molecule has 2 aromatic carbocycles. The summed E-state index contributed by atoms with van der Waals surface area (Å²) in [6, 6.07) is 11.8. The van der Waals surface area contributed by atoms with E-state index in [1.54, 1.807) is 24.3 Å². The number of ether oxygens (including phenoxy) is 4. The van der Waals surface area contributed by atoms with Gasteiger partial charge in [-0.2, -0.15) is 0 Å². The summed E-state index contributed by atoms with van der Waals surface area (Å²) in [5.41, 5.74) is 0.902. The molecule has 0 spiro atoms. The second-order valence-electron chi connectivity index (χ2n) is 6.74. The number of benzene rings is 2. The molecule has 1 heterocycles. The molecule has 3 rings (SSSR count). The first kappa shape index (κ1) is 21.2. The molecule has 0 amide bonds. The third-order valence-corrected chi connectivity index (χ3v) is 3.92. The molecule has 1 aliphatic rings. The van der Waals surface area contributed by atoms with Crippen LogP contribution < -0.4 is 9.47 Å². The van der Waals surface area contributed by atoms with Gasteiger partial charge in [0.25, 0.3) is 5.79 Å². The van der Waals surface area contributed by atoms with Crippen molar-refractivity contribution in [2.45, 2.75) is 32.6 Å². The SMILES string of the molecule is CC1(C)OC(=O)C(=Cc2ccccc2COc2ccc(OC(F)(F)F)cc2)C(=O)O1. The molecule has 6 nitrogen and oxygen atoms in total. The Morgan fingerprint density at radius 1 is 0.933 bits per heavy atom. The number of rotatable bonds is 5. The molecule has 0 radical (unpaired) electrons. The topological polar surface area (TPSA) is 71.1 Å². The van der Waals surface area contributed by atoms with Crippen LogP contribution >= 0.6 is 0 Å². The van der Waals surface area contributed by atoms with E-state index in [2.05, 4.69) is 4.74 Å². The van der Waals surface area contributed by atoms with Gasteiger partial charge in [0, 0.05) is 13.8 Å². The Balaban J connectivity index is 1.73. The average Bonchev–Trinajstić information content (AvgIpc) is 2.63. The minimum Gasteiger partial charge on any atom is -0.489 e. The number of carbonyl (C=O) groups excluding carboxylic acids is 2. The van der Waals surface area contributed by atoms with Crippen LogP contribution in [0, 0.1) is 0 Å². The lowest BCUT2D eigenvalue weighted by Crippen LogP contribution is -2.41. The predicted octanol–water partition coefficient (Wildman–Crippen LogP) is 4.38. The summed E-state index contributed by atoms with van der Waals surface area (Å²) >= 11 is 0. The van der Waals surface area contributed by atoms with E-state index in [9.17, 15) is 22.8 Å². The van der Waals surface area contributed by atoms with Crippen molar-refractivity contribution < 1.29 is 41.7 Å². The van der Waals surface area contributed by atoms with E-state index >= 15 is 0 Å². The molecule has 158 valence electrons. The van der Waals surface area contributed by atoms with Crippen LogP contribution in [0.25, 0.3) is 6.08 Å². The van der Waals surface area contributed by atoms with Gasteiger partial charge in [0.1, 0.15) is 23.7 Å². The molecule has 1 fully saturated rings. The number of hydrogen-bond donors (Lipinski definition) is 0. The van der Waals surface area contributed by atoms with Gasteiger partial charge in [-0.3, -0.25) is 0 Å². The summed E-state index contributed by atoms with van der Waals surface area (Å²) in [4.78, 5) is 24.3. The number of hydrogen-bond acceptors (Lipinski definition) is 6. The predicted molar refractivity (Wildman–Crippen MR) is 98.1 cm³/mol. The zero-order chi connectivity index (χ0) is 21.9. The molecule has 2 aromatic rings. The van der Waals surface area contributed by atoms with Crippen LogP contribution in [0.5, 0.6) is 11.5 Å². The molecule has 0 aliphatic carbocycles. The van der Waals surface area contributed by atoms with Gasteiger partial charge >= 0.3 is 18.3 Å². The maximum absolute atomic E-state index is 12.2. The summed E-state index contributed by atoms with van der Waals surface area (Å²) in [7, 11) is 0. The summed E-state index contributed by atoms with van der Waals surface area (Å²) in [6.45, 7) is 2.94. The van der Waals surface area contributed by atoms with Gasteiger partial charge in [0.2, 0.25) is 0 Å². The monoisotopic (exact) mass is 422 g/mol. The Labute approximate surface area is 169 Å². The molecule has 0 bridgehead atoms. The van der Waals surface area contributed by atoms with Gasteiger partial charge in [-0.15, -0.1) is 13.2 Å². The highest BCUT2D eigenvalue weighted by Crippen LogP contribution is 2.27. The molecule has 1 aliphatic heterocycles. The van der Waals surface area contributed by atoms with Gasteiger partial charge in [-0.25, -0.2) is 9.59 Å². The van der Waals surface area contributed by atoms with Crippen molar-refractivity contribution in [1.82, 2.24) is 0 Å². The highest BCUT2D eigenvalue weighted by atomic mass is 19.4. The van der Waals surface area contributed by atoms with Crippen LogP contribution in [-0.2, 0) is 25.7 Å². The fourth-order valence-electron chi connectivity index (χ4n) is 2.64. The molecule has 9 heteroatoms. The summed E-state index contributed by atoms with van der Waals surface area (Å²) in [5, 5.41) is 0. The number of carbonyl (C=O) groups is 2. The number of esters is 2. The maximum Gasteiger partial charge on any atom is 0.573 e. The van der Waals surface area contributed by atoms with Gasteiger partial charge in [-0.1, -0.05) is 24.3 Å². The highest BCUT2D eigenvalue weighted by molar-refractivity contribution is 6.18. The van der Waals surface area contributed by atoms with Crippen molar-refractivity contribution in [2.75, 3.05) is 0 Å². The minimum atomic E-state index is -4.77. The molecule has 1 saturated heterocycles. The van der Waals surface area contributed by atoms with Crippen LogP contribution in [0.4, 0.5) is 13.2 Å². The van der Waals surface area contributed by atoms with E-state index in [1.165, 1.54) is 32.1 Å². The largest absolute Gasteiger partial charge is 0.573 e. The first-order chi connectivity index (χ1) is 14.0. The number of alkyl halides is 3. The third-order valence-electron chi connectivity index (χ3n) is 3.92. The number of halogens is 3. The van der Waals surface area contributed by atoms with E-state index in [4.69, 9.17) is 14.2 Å². The van der Waals surface area contributed by atoms with Crippen molar-refractivity contribution in [1.29, 1.82) is 0 Å². The van der Waals surface area contributed by atoms with E-state index < -0.39 is 24.1 Å². The second-order valence-corrected chi connectivity index (χ2v) is 6.74. The van der Waals surface area contributed by atoms with Crippen molar-refractivity contribution in [2.24, 2.45) is 0 Å². The Morgan fingerprint density at radius 2 is 1.50 bits per heavy atom. The Hall–Kier alpha value is -3.49. The summed E-state index contributed by atoms with van der Waals surface area (Å²) in [5.74, 6) is -2.99. The van der Waals surface area contributed by atoms with Crippen LogP contribution in [0.2, 0.25) is 0 Å². The first-order valence-electron chi connectivity index (χ1n) is 8.77. The number of cyclic esters (lactones) is 2. The second kappa shape index (κ2) is 8.10. The smallest absolute Gasteiger partial charge is 0.489 e. The summed E-state index contributed by atoms with van der Waals surface area (Å²) < 4.78 is 56.2. The molecule has 0 N–H and O–H groups in total. The fraction of sp³-hybridized carbons (Fsp3) is 0.238. The zero-order valence-corrected chi connectivity index (χ0v) is 16.0. The zero-order valence-electron chi connectivity index (χ0n) is 16.0. The van der Waals surface area contributed by atoms with Crippen LogP contribution in [0.1, 0.15) is 25.0 Å². The van der Waals surface area contributed by atoms with Gasteiger partial charge in [0.05, 0.1) is 0 Å². The van der Waals surface area contributed by atoms with Gasteiger partial charge < -0.3 is 18.9 Å². The van der Waals surface area contributed by atoms with Crippen molar-refractivity contribution >= 4 is 18.0 Å². The normalized spacial score (nSPS) is 15.8. The van der Waals surface area contributed by atoms with E-state index in [1.807, 2.05) is 0 Å². The molecule has 0 unspecified atom stereocenters. The molecular weight excluding hydrogens is 405 g/mol. The standard InChI is InChI=1S/C21H17F3O6/c1-20(2)29-18(25)17(19(26)30-20)11-13-5-3-4-6-14(13)12-27-15-7-9-16(10-8-15)28-21(22,23)24/h3-11H,12H2,1-2H3. The van der Waals surface area contributed by atoms with E-state index in [0.29, 0.717) is 16.9 Å². The molecule has 0 aromatic heterocycles. The van der Waals surface area contributed by atoms with Crippen LogP contribution in [-0.4, -0.2) is 24.1 Å². The highest BCUT2D eigenvalue weighted by Gasteiger charge is 2.39. The van der Waals surface area contributed by atoms with E-state index in [0.717, 1.165) is 12.1 Å². The average molecular weight is 422 g/mol.